The minimum Gasteiger partial charge on any atom is -0.497 e. The summed E-state index contributed by atoms with van der Waals surface area (Å²) >= 11 is 0. The lowest BCUT2D eigenvalue weighted by Gasteiger charge is -2.23. The molecule has 0 bridgehead atoms. The quantitative estimate of drug-likeness (QED) is 0.867. The number of benzene rings is 1. The largest absolute Gasteiger partial charge is 0.497 e. The molecule has 4 heteroatoms. The van der Waals surface area contributed by atoms with Gasteiger partial charge in [-0.25, -0.2) is 0 Å². The van der Waals surface area contributed by atoms with E-state index < -0.39 is 0 Å². The standard InChI is InChI=1S/C16H24N2O2/c1-12(14-5-7-15(20-2)8-6-14)18-16(19)10-13-4-3-9-17-11-13/h5-8,12-13,17H,3-4,9-11H2,1-2H3,(H,18,19)/t12-,13?/m0/s1. The maximum Gasteiger partial charge on any atom is 0.220 e. The van der Waals surface area contributed by atoms with Crippen molar-refractivity contribution in [2.45, 2.75) is 32.2 Å². The summed E-state index contributed by atoms with van der Waals surface area (Å²) in [6, 6.07) is 7.86. The number of rotatable bonds is 5. The van der Waals surface area contributed by atoms with Crippen LogP contribution in [0.15, 0.2) is 24.3 Å². The van der Waals surface area contributed by atoms with Crippen LogP contribution in [0.25, 0.3) is 0 Å². The van der Waals surface area contributed by atoms with Crippen molar-refractivity contribution in [2.24, 2.45) is 5.92 Å². The van der Waals surface area contributed by atoms with Gasteiger partial charge < -0.3 is 15.4 Å². The van der Waals surface area contributed by atoms with E-state index in [1.807, 2.05) is 31.2 Å². The van der Waals surface area contributed by atoms with E-state index in [0.717, 1.165) is 30.8 Å². The van der Waals surface area contributed by atoms with Crippen LogP contribution in [0.4, 0.5) is 0 Å². The highest BCUT2D eigenvalue weighted by atomic mass is 16.5. The predicted octanol–water partition coefficient (Wildman–Crippen LogP) is 2.26. The highest BCUT2D eigenvalue weighted by Gasteiger charge is 2.18. The molecule has 1 unspecified atom stereocenters. The molecule has 1 aromatic carbocycles. The van der Waals surface area contributed by atoms with Crippen LogP contribution in [0.5, 0.6) is 5.75 Å². The van der Waals surface area contributed by atoms with Gasteiger partial charge in [0.15, 0.2) is 0 Å². The lowest BCUT2D eigenvalue weighted by Crippen LogP contribution is -2.35. The summed E-state index contributed by atoms with van der Waals surface area (Å²) in [5.41, 5.74) is 1.10. The van der Waals surface area contributed by atoms with Crippen molar-refractivity contribution >= 4 is 5.91 Å². The van der Waals surface area contributed by atoms with Gasteiger partial charge in [-0.15, -0.1) is 0 Å². The maximum absolute atomic E-state index is 12.1. The monoisotopic (exact) mass is 276 g/mol. The molecule has 1 heterocycles. The van der Waals surface area contributed by atoms with Crippen molar-refractivity contribution in [2.75, 3.05) is 20.2 Å². The molecule has 0 aliphatic carbocycles. The van der Waals surface area contributed by atoms with Crippen molar-refractivity contribution in [1.82, 2.24) is 10.6 Å². The molecule has 1 saturated heterocycles. The number of hydrogen-bond acceptors (Lipinski definition) is 3. The second-order valence-corrected chi connectivity index (χ2v) is 5.48. The van der Waals surface area contributed by atoms with E-state index in [1.54, 1.807) is 7.11 Å². The van der Waals surface area contributed by atoms with Gasteiger partial charge in [-0.2, -0.15) is 0 Å². The fourth-order valence-electron chi connectivity index (χ4n) is 2.64. The molecule has 0 radical (unpaired) electrons. The Balaban J connectivity index is 1.82. The van der Waals surface area contributed by atoms with E-state index >= 15 is 0 Å². The molecule has 0 saturated carbocycles. The van der Waals surface area contributed by atoms with Gasteiger partial charge in [-0.05, 0) is 56.5 Å². The Bertz CT molecular complexity index is 425. The minimum absolute atomic E-state index is 0.0324. The van der Waals surface area contributed by atoms with E-state index in [1.165, 1.54) is 6.42 Å². The summed E-state index contributed by atoms with van der Waals surface area (Å²) in [6.45, 7) is 4.06. The van der Waals surface area contributed by atoms with Gasteiger partial charge in [-0.1, -0.05) is 12.1 Å². The van der Waals surface area contributed by atoms with Gasteiger partial charge in [0.05, 0.1) is 13.2 Å². The van der Waals surface area contributed by atoms with Crippen molar-refractivity contribution < 1.29 is 9.53 Å². The topological polar surface area (TPSA) is 50.4 Å². The lowest BCUT2D eigenvalue weighted by atomic mass is 9.95. The second-order valence-electron chi connectivity index (χ2n) is 5.48. The molecule has 2 atom stereocenters. The Labute approximate surface area is 120 Å². The summed E-state index contributed by atoms with van der Waals surface area (Å²) in [4.78, 5) is 12.1. The first kappa shape index (κ1) is 14.9. The summed E-state index contributed by atoms with van der Waals surface area (Å²) in [6.07, 6.45) is 2.94. The molecule has 1 aliphatic rings. The maximum atomic E-state index is 12.1. The van der Waals surface area contributed by atoms with Gasteiger partial charge in [0.25, 0.3) is 0 Å². The second kappa shape index (κ2) is 7.29. The first-order valence-corrected chi connectivity index (χ1v) is 7.33. The van der Waals surface area contributed by atoms with E-state index in [9.17, 15) is 4.79 Å². The van der Waals surface area contributed by atoms with Gasteiger partial charge in [-0.3, -0.25) is 4.79 Å². The molecule has 0 aromatic heterocycles. The molecule has 1 amide bonds. The van der Waals surface area contributed by atoms with Crippen molar-refractivity contribution in [3.05, 3.63) is 29.8 Å². The lowest BCUT2D eigenvalue weighted by molar-refractivity contribution is -0.122. The number of amides is 1. The Morgan fingerprint density at radius 3 is 2.80 bits per heavy atom. The average Bonchev–Trinajstić information content (AvgIpc) is 2.48. The highest BCUT2D eigenvalue weighted by molar-refractivity contribution is 5.76. The molecule has 1 aliphatic heterocycles. The number of carbonyl (C=O) groups excluding carboxylic acids is 1. The van der Waals surface area contributed by atoms with E-state index in [4.69, 9.17) is 4.74 Å². The Kier molecular flexibility index (Phi) is 5.41. The Morgan fingerprint density at radius 2 is 2.20 bits per heavy atom. The molecule has 110 valence electrons. The minimum atomic E-state index is 0.0324. The molecule has 1 aromatic rings. The van der Waals surface area contributed by atoms with Crippen molar-refractivity contribution in [3.63, 3.8) is 0 Å². The fraction of sp³-hybridized carbons (Fsp3) is 0.562. The number of nitrogens with one attached hydrogen (secondary N) is 2. The van der Waals surface area contributed by atoms with Crippen molar-refractivity contribution in [1.29, 1.82) is 0 Å². The number of hydrogen-bond donors (Lipinski definition) is 2. The molecular weight excluding hydrogens is 252 g/mol. The van der Waals surface area contributed by atoms with E-state index in [2.05, 4.69) is 10.6 Å². The zero-order chi connectivity index (χ0) is 14.4. The molecule has 20 heavy (non-hydrogen) atoms. The summed E-state index contributed by atoms with van der Waals surface area (Å²) in [7, 11) is 1.65. The molecular formula is C16H24N2O2. The number of methoxy groups -OCH3 is 1. The Morgan fingerprint density at radius 1 is 1.45 bits per heavy atom. The van der Waals surface area contributed by atoms with Crippen LogP contribution in [0.1, 0.15) is 37.8 Å². The van der Waals surface area contributed by atoms with Gasteiger partial charge in [0.1, 0.15) is 5.75 Å². The summed E-state index contributed by atoms with van der Waals surface area (Å²) in [5, 5.41) is 6.42. The molecule has 4 nitrogen and oxygen atoms in total. The fourth-order valence-corrected chi connectivity index (χ4v) is 2.64. The highest BCUT2D eigenvalue weighted by Crippen LogP contribution is 2.18. The van der Waals surface area contributed by atoms with Crippen LogP contribution in [0.3, 0.4) is 0 Å². The van der Waals surface area contributed by atoms with E-state index in [-0.39, 0.29) is 11.9 Å². The van der Waals surface area contributed by atoms with Crippen LogP contribution in [-0.4, -0.2) is 26.1 Å². The summed E-state index contributed by atoms with van der Waals surface area (Å²) < 4.78 is 5.14. The normalized spacial score (nSPS) is 20.2. The number of ether oxygens (including phenoxy) is 1. The average molecular weight is 276 g/mol. The molecule has 2 rings (SSSR count). The zero-order valence-corrected chi connectivity index (χ0v) is 12.3. The van der Waals surface area contributed by atoms with Crippen LogP contribution in [-0.2, 0) is 4.79 Å². The van der Waals surface area contributed by atoms with Gasteiger partial charge in [0.2, 0.25) is 5.91 Å². The van der Waals surface area contributed by atoms with Crippen LogP contribution < -0.4 is 15.4 Å². The van der Waals surface area contributed by atoms with Crippen LogP contribution in [0.2, 0.25) is 0 Å². The number of carbonyl (C=O) groups is 1. The van der Waals surface area contributed by atoms with Crippen LogP contribution in [0, 0.1) is 5.92 Å². The third-order valence-corrected chi connectivity index (χ3v) is 3.87. The zero-order valence-electron chi connectivity index (χ0n) is 12.3. The molecule has 2 N–H and O–H groups in total. The van der Waals surface area contributed by atoms with Crippen LogP contribution >= 0.6 is 0 Å². The first-order valence-electron chi connectivity index (χ1n) is 7.33. The smallest absolute Gasteiger partial charge is 0.220 e. The third-order valence-electron chi connectivity index (χ3n) is 3.87. The summed E-state index contributed by atoms with van der Waals surface area (Å²) in [5.74, 6) is 1.45. The first-order chi connectivity index (χ1) is 9.69. The van der Waals surface area contributed by atoms with Crippen molar-refractivity contribution in [3.8, 4) is 5.75 Å². The third kappa shape index (κ3) is 4.23. The van der Waals surface area contributed by atoms with Gasteiger partial charge in [0, 0.05) is 6.42 Å². The van der Waals surface area contributed by atoms with Gasteiger partial charge >= 0.3 is 0 Å². The number of piperidine rings is 1. The van der Waals surface area contributed by atoms with E-state index in [0.29, 0.717) is 12.3 Å². The SMILES string of the molecule is COc1ccc([C@H](C)NC(=O)CC2CCCNC2)cc1. The predicted molar refractivity (Wildman–Crippen MR) is 79.8 cm³/mol. The molecule has 1 fully saturated rings. The molecule has 0 spiro atoms. The Hall–Kier alpha value is -1.55.